The fourth-order valence-electron chi connectivity index (χ4n) is 2.85. The molecule has 18 heavy (non-hydrogen) atoms. The zero-order valence-electron chi connectivity index (χ0n) is 11.2. The monoisotopic (exact) mass is 338 g/mol. The van der Waals surface area contributed by atoms with Crippen LogP contribution in [0.3, 0.4) is 0 Å². The Morgan fingerprint density at radius 1 is 1.11 bits per heavy atom. The van der Waals surface area contributed by atoms with Crippen molar-refractivity contribution in [3.63, 3.8) is 0 Å². The molecule has 0 aliphatic carbocycles. The number of hydrogen-bond acceptors (Lipinski definition) is 2. The van der Waals surface area contributed by atoms with E-state index in [1.54, 1.807) is 8.61 Å². The second-order valence-corrected chi connectivity index (χ2v) is 8.66. The van der Waals surface area contributed by atoms with Crippen molar-refractivity contribution in [1.29, 1.82) is 0 Å². The lowest BCUT2D eigenvalue weighted by Crippen LogP contribution is -2.53. The molecule has 6 heteroatoms. The lowest BCUT2D eigenvalue weighted by molar-refractivity contribution is 0.222. The molecule has 0 bridgehead atoms. The van der Waals surface area contributed by atoms with Gasteiger partial charge < -0.3 is 0 Å². The van der Waals surface area contributed by atoms with Crippen molar-refractivity contribution in [2.75, 3.05) is 19.6 Å². The highest BCUT2D eigenvalue weighted by molar-refractivity contribution is 9.09. The minimum absolute atomic E-state index is 0.153. The van der Waals surface area contributed by atoms with Crippen molar-refractivity contribution in [1.82, 2.24) is 8.61 Å². The van der Waals surface area contributed by atoms with Crippen molar-refractivity contribution in [2.45, 2.75) is 50.4 Å². The predicted octanol–water partition coefficient (Wildman–Crippen LogP) is 2.21. The summed E-state index contributed by atoms with van der Waals surface area (Å²) in [6.07, 6.45) is 4.04. The maximum absolute atomic E-state index is 12.6. The first-order chi connectivity index (χ1) is 8.43. The fourth-order valence-corrected chi connectivity index (χ4v) is 5.20. The molecule has 2 heterocycles. The van der Waals surface area contributed by atoms with Crippen LogP contribution in [0.4, 0.5) is 0 Å². The van der Waals surface area contributed by atoms with Gasteiger partial charge in [0.25, 0.3) is 10.2 Å². The number of hydrogen-bond donors (Lipinski definition) is 0. The van der Waals surface area contributed by atoms with Crippen LogP contribution in [0.5, 0.6) is 0 Å². The Morgan fingerprint density at radius 2 is 1.83 bits per heavy atom. The third-order valence-electron chi connectivity index (χ3n) is 4.13. The predicted molar refractivity (Wildman–Crippen MR) is 77.0 cm³/mol. The first kappa shape index (κ1) is 14.8. The van der Waals surface area contributed by atoms with E-state index in [-0.39, 0.29) is 6.04 Å². The first-order valence-corrected chi connectivity index (χ1v) is 9.15. The SMILES string of the molecule is CC1CN(S(=O)(=O)N2CCCCC2C)CCC1Br. The first-order valence-electron chi connectivity index (χ1n) is 6.84. The number of alkyl halides is 1. The van der Waals surface area contributed by atoms with Crippen LogP contribution in [-0.2, 0) is 10.2 Å². The van der Waals surface area contributed by atoms with Crippen molar-refractivity contribution in [3.8, 4) is 0 Å². The van der Waals surface area contributed by atoms with Crippen molar-refractivity contribution < 1.29 is 8.42 Å². The Kier molecular flexibility index (Phi) is 4.73. The van der Waals surface area contributed by atoms with E-state index >= 15 is 0 Å². The summed E-state index contributed by atoms with van der Waals surface area (Å²) in [5, 5.41) is 0. The Morgan fingerprint density at radius 3 is 2.44 bits per heavy atom. The Bertz CT molecular complexity index is 388. The van der Waals surface area contributed by atoms with Gasteiger partial charge in [0.05, 0.1) is 0 Å². The van der Waals surface area contributed by atoms with Crippen molar-refractivity contribution >= 4 is 26.1 Å². The molecule has 3 unspecified atom stereocenters. The summed E-state index contributed by atoms with van der Waals surface area (Å²) >= 11 is 3.62. The highest BCUT2D eigenvalue weighted by atomic mass is 79.9. The summed E-state index contributed by atoms with van der Waals surface area (Å²) in [6.45, 7) is 6.11. The molecular weight excluding hydrogens is 316 g/mol. The number of nitrogens with zero attached hydrogens (tertiary/aromatic N) is 2. The van der Waals surface area contributed by atoms with Crippen LogP contribution in [0, 0.1) is 5.92 Å². The van der Waals surface area contributed by atoms with Gasteiger partial charge in [-0.2, -0.15) is 17.0 Å². The van der Waals surface area contributed by atoms with E-state index in [0.717, 1.165) is 25.7 Å². The van der Waals surface area contributed by atoms with E-state index in [4.69, 9.17) is 0 Å². The molecule has 0 N–H and O–H groups in total. The summed E-state index contributed by atoms with van der Waals surface area (Å²) in [6, 6.07) is 0.153. The van der Waals surface area contributed by atoms with Gasteiger partial charge >= 0.3 is 0 Å². The molecule has 2 aliphatic heterocycles. The van der Waals surface area contributed by atoms with Crippen LogP contribution in [0.2, 0.25) is 0 Å². The topological polar surface area (TPSA) is 40.6 Å². The molecule has 0 aromatic rings. The van der Waals surface area contributed by atoms with Crippen LogP contribution >= 0.6 is 15.9 Å². The molecule has 0 radical (unpaired) electrons. The number of rotatable bonds is 2. The van der Waals surface area contributed by atoms with Gasteiger partial charge in [-0.3, -0.25) is 0 Å². The summed E-state index contributed by atoms with van der Waals surface area (Å²) in [4.78, 5) is 0.447. The van der Waals surface area contributed by atoms with E-state index in [2.05, 4.69) is 22.9 Å². The molecule has 106 valence electrons. The molecule has 2 saturated heterocycles. The third kappa shape index (κ3) is 2.92. The second kappa shape index (κ2) is 5.77. The highest BCUT2D eigenvalue weighted by Crippen LogP contribution is 2.28. The van der Waals surface area contributed by atoms with Gasteiger partial charge in [0, 0.05) is 30.5 Å². The molecular formula is C12H23BrN2O2S. The summed E-state index contributed by atoms with van der Waals surface area (Å²) in [5.74, 6) is 0.383. The van der Waals surface area contributed by atoms with E-state index in [0.29, 0.717) is 30.4 Å². The van der Waals surface area contributed by atoms with E-state index in [1.807, 2.05) is 6.92 Å². The Labute approximate surface area is 119 Å². The highest BCUT2D eigenvalue weighted by Gasteiger charge is 2.37. The summed E-state index contributed by atoms with van der Waals surface area (Å²) in [5.41, 5.74) is 0. The van der Waals surface area contributed by atoms with Crippen LogP contribution in [0.15, 0.2) is 0 Å². The van der Waals surface area contributed by atoms with Crippen LogP contribution in [0.25, 0.3) is 0 Å². The fraction of sp³-hybridized carbons (Fsp3) is 1.00. The molecule has 0 aromatic heterocycles. The average molecular weight is 339 g/mol. The molecule has 2 fully saturated rings. The molecule has 0 saturated carbocycles. The van der Waals surface area contributed by atoms with Gasteiger partial charge in [-0.1, -0.05) is 29.3 Å². The minimum Gasteiger partial charge on any atom is -0.195 e. The van der Waals surface area contributed by atoms with E-state index in [1.165, 1.54) is 0 Å². The van der Waals surface area contributed by atoms with Crippen molar-refractivity contribution in [2.24, 2.45) is 5.92 Å². The standard InChI is InChI=1S/C12H23BrN2O2S/c1-10-9-14(8-6-12(10)13)18(16,17)15-7-4-3-5-11(15)2/h10-12H,3-9H2,1-2H3. The lowest BCUT2D eigenvalue weighted by Gasteiger charge is -2.40. The second-order valence-electron chi connectivity index (χ2n) is 5.60. The molecule has 0 amide bonds. The quantitative estimate of drug-likeness (QED) is 0.724. The van der Waals surface area contributed by atoms with E-state index in [9.17, 15) is 8.42 Å². The molecule has 2 rings (SSSR count). The summed E-state index contributed by atoms with van der Waals surface area (Å²) < 4.78 is 28.7. The van der Waals surface area contributed by atoms with Gasteiger partial charge in [-0.25, -0.2) is 0 Å². The molecule has 3 atom stereocenters. The number of piperidine rings is 2. The maximum atomic E-state index is 12.6. The van der Waals surface area contributed by atoms with Crippen LogP contribution in [0.1, 0.15) is 39.5 Å². The number of halogens is 1. The van der Waals surface area contributed by atoms with Gasteiger partial charge in [0.2, 0.25) is 0 Å². The molecule has 0 spiro atoms. The zero-order chi connectivity index (χ0) is 13.3. The Hall–Kier alpha value is 0.350. The maximum Gasteiger partial charge on any atom is 0.282 e. The normalized spacial score (nSPS) is 36.7. The van der Waals surface area contributed by atoms with Crippen LogP contribution < -0.4 is 0 Å². The van der Waals surface area contributed by atoms with Gasteiger partial charge in [-0.05, 0) is 32.1 Å². The van der Waals surface area contributed by atoms with Gasteiger partial charge in [0.1, 0.15) is 0 Å². The smallest absolute Gasteiger partial charge is 0.195 e. The zero-order valence-corrected chi connectivity index (χ0v) is 13.6. The largest absolute Gasteiger partial charge is 0.282 e. The van der Waals surface area contributed by atoms with Gasteiger partial charge in [0.15, 0.2) is 0 Å². The van der Waals surface area contributed by atoms with E-state index < -0.39 is 10.2 Å². The Balaban J connectivity index is 2.10. The summed E-state index contributed by atoms with van der Waals surface area (Å²) in [7, 11) is -3.24. The lowest BCUT2D eigenvalue weighted by atomic mass is 10.0. The minimum atomic E-state index is -3.24. The van der Waals surface area contributed by atoms with Crippen molar-refractivity contribution in [3.05, 3.63) is 0 Å². The average Bonchev–Trinajstić information content (AvgIpc) is 2.33. The molecule has 4 nitrogen and oxygen atoms in total. The molecule has 2 aliphatic rings. The molecule has 0 aromatic carbocycles. The van der Waals surface area contributed by atoms with Gasteiger partial charge in [-0.15, -0.1) is 0 Å². The third-order valence-corrected chi connectivity index (χ3v) is 7.61. The van der Waals surface area contributed by atoms with Crippen LogP contribution in [-0.4, -0.2) is 47.5 Å².